The first-order valence-corrected chi connectivity index (χ1v) is 30.4. The summed E-state index contributed by atoms with van der Waals surface area (Å²) in [6, 6.07) is 80.4. The molecule has 82 heavy (non-hydrogen) atoms. The number of fused-ring (bicyclic) bond motifs is 12. The van der Waals surface area contributed by atoms with Crippen molar-refractivity contribution in [3.8, 4) is 65.2 Å². The van der Waals surface area contributed by atoms with Crippen molar-refractivity contribution in [2.75, 3.05) is 0 Å². The van der Waals surface area contributed by atoms with E-state index in [1.807, 2.05) is 12.4 Å². The second-order valence-electron chi connectivity index (χ2n) is 21.9. The third kappa shape index (κ3) is 7.18. The largest absolute Gasteiger partial charge is 0.309 e. The molecule has 0 spiro atoms. The summed E-state index contributed by atoms with van der Waals surface area (Å²) in [5.74, 6) is 0. The van der Waals surface area contributed by atoms with Crippen molar-refractivity contribution >= 4 is 121 Å². The van der Waals surface area contributed by atoms with Crippen LogP contribution in [0.2, 0.25) is 0 Å². The minimum atomic E-state index is 1.08. The van der Waals surface area contributed by atoms with Gasteiger partial charge in [-0.15, -0.1) is 34.0 Å². The highest BCUT2D eigenvalue weighted by Gasteiger charge is 2.28. The van der Waals surface area contributed by atoms with Gasteiger partial charge in [-0.25, -0.2) is 0 Å². The molecule has 9 aromatic carbocycles. The van der Waals surface area contributed by atoms with E-state index in [1.54, 1.807) is 34.0 Å². The number of benzene rings is 9. The first-order chi connectivity index (χ1) is 40.4. The molecule has 0 amide bonds. The highest BCUT2D eigenvalue weighted by Crippen LogP contribution is 2.48. The lowest BCUT2D eigenvalue weighted by Crippen LogP contribution is -2.10. The lowest BCUT2D eigenvalue weighted by Gasteiger charge is -2.24. The topological polar surface area (TPSA) is 32.6 Å². The Morgan fingerprint density at radius 2 is 0.671 bits per heavy atom. The van der Waals surface area contributed by atoms with E-state index in [1.165, 1.54) is 80.3 Å². The molecule has 388 valence electrons. The smallest absolute Gasteiger partial charge is 0.0947 e. The second-order valence-corrected chi connectivity index (χ2v) is 24.7. The van der Waals surface area contributed by atoms with Gasteiger partial charge in [0.1, 0.15) is 0 Å². The lowest BCUT2D eigenvalue weighted by atomic mass is 9.99. The predicted octanol–water partition coefficient (Wildman–Crippen LogP) is 21.2. The number of hydrogen-bond acceptors (Lipinski definition) is 4. The van der Waals surface area contributed by atoms with Crippen LogP contribution in [-0.2, 0) is 0 Å². The minimum Gasteiger partial charge on any atom is -0.309 e. The van der Waals surface area contributed by atoms with E-state index in [4.69, 9.17) is 4.98 Å². The molecule has 0 atom stereocenters. The highest BCUT2D eigenvalue weighted by molar-refractivity contribution is 7.14. The Morgan fingerprint density at radius 3 is 1.12 bits per heavy atom. The maximum absolute atomic E-state index is 4.74. The summed E-state index contributed by atoms with van der Waals surface area (Å²) in [7, 11) is 0. The monoisotopic (exact) mass is 1100 g/mol. The van der Waals surface area contributed by atoms with Gasteiger partial charge in [0.2, 0.25) is 0 Å². The van der Waals surface area contributed by atoms with Crippen molar-refractivity contribution in [3.63, 3.8) is 0 Å². The summed E-state index contributed by atoms with van der Waals surface area (Å²) in [6.45, 7) is 6.65. The van der Waals surface area contributed by atoms with Crippen LogP contribution in [0.5, 0.6) is 0 Å². The Labute approximate surface area is 484 Å². The summed E-state index contributed by atoms with van der Waals surface area (Å²) >= 11 is 5.36. The number of rotatable bonds is 8. The van der Waals surface area contributed by atoms with Crippen molar-refractivity contribution in [1.29, 1.82) is 0 Å². The summed E-state index contributed by atoms with van der Waals surface area (Å²) in [5.41, 5.74) is 23.1. The Bertz CT molecular complexity index is 5240. The molecule has 0 N–H and O–H groups in total. The third-order valence-electron chi connectivity index (χ3n) is 16.9. The molecule has 0 aliphatic rings. The molecule has 17 aromatic rings. The molecule has 0 saturated heterocycles. The lowest BCUT2D eigenvalue weighted by molar-refractivity contribution is 1.05. The molecule has 0 bridgehead atoms. The van der Waals surface area contributed by atoms with Gasteiger partial charge in [-0.3, -0.25) is 4.98 Å². The zero-order chi connectivity index (χ0) is 54.3. The van der Waals surface area contributed by atoms with E-state index < -0.39 is 0 Å². The van der Waals surface area contributed by atoms with Gasteiger partial charge >= 0.3 is 0 Å². The zero-order valence-electron chi connectivity index (χ0n) is 45.1. The SMILES string of the molecule is Cc1ccc2c(c1)c1cc(-c3cccs3)ccc1n2-c1cc(-c2ccc3c(c2)c2cnccc2n3-c2ccccc2)cc(-n2c3ccc(C)cc3c3cc(-c4cccs4)ccc32)c1-n1c2ccc(C)cc2c2cc(-c3cccs3)ccc21. The maximum atomic E-state index is 4.74. The van der Waals surface area contributed by atoms with Gasteiger partial charge < -0.3 is 18.3 Å². The van der Waals surface area contributed by atoms with E-state index in [2.05, 4.69) is 268 Å². The van der Waals surface area contributed by atoms with Crippen LogP contribution in [-0.4, -0.2) is 23.3 Å². The van der Waals surface area contributed by atoms with Gasteiger partial charge in [0.25, 0.3) is 0 Å². The number of hydrogen-bond donors (Lipinski definition) is 0. The van der Waals surface area contributed by atoms with Crippen LogP contribution in [0.3, 0.4) is 0 Å². The van der Waals surface area contributed by atoms with Crippen molar-refractivity contribution in [1.82, 2.24) is 23.3 Å². The second kappa shape index (κ2) is 18.2. The fourth-order valence-corrected chi connectivity index (χ4v) is 15.4. The van der Waals surface area contributed by atoms with E-state index in [0.29, 0.717) is 0 Å². The minimum absolute atomic E-state index is 1.08. The molecule has 0 unspecified atom stereocenters. The number of thiophene rings is 3. The van der Waals surface area contributed by atoms with Gasteiger partial charge in [-0.05, 0) is 198 Å². The molecule has 17 rings (SSSR count). The van der Waals surface area contributed by atoms with Crippen LogP contribution in [0.15, 0.2) is 241 Å². The number of nitrogens with zero attached hydrogens (tertiary/aromatic N) is 5. The van der Waals surface area contributed by atoms with Crippen molar-refractivity contribution in [2.45, 2.75) is 20.8 Å². The molecule has 0 radical (unpaired) electrons. The fraction of sp³-hybridized carbons (Fsp3) is 0.0405. The van der Waals surface area contributed by atoms with Gasteiger partial charge in [0, 0.05) is 75.8 Å². The number of para-hydroxylation sites is 1. The van der Waals surface area contributed by atoms with E-state index in [0.717, 1.165) is 88.8 Å². The third-order valence-corrected chi connectivity index (χ3v) is 19.6. The van der Waals surface area contributed by atoms with E-state index in [-0.39, 0.29) is 0 Å². The summed E-state index contributed by atoms with van der Waals surface area (Å²) in [6.07, 6.45) is 3.94. The van der Waals surface area contributed by atoms with Gasteiger partial charge in [-0.2, -0.15) is 0 Å². The first kappa shape index (κ1) is 47.3. The summed E-state index contributed by atoms with van der Waals surface area (Å²) in [4.78, 5) is 8.50. The molecule has 8 heterocycles. The zero-order valence-corrected chi connectivity index (χ0v) is 47.5. The normalized spacial score (nSPS) is 12.1. The van der Waals surface area contributed by atoms with Crippen LogP contribution in [0.4, 0.5) is 0 Å². The molecular weight excluding hydrogens is 1060 g/mol. The van der Waals surface area contributed by atoms with Crippen molar-refractivity contribution in [2.24, 2.45) is 0 Å². The standard InChI is InChI=1S/C74H49N5S3/c1-44-15-22-62-53(34-44)56-38-48(71-12-7-31-80-71)19-26-64(56)77(62)69-41-51(47-18-25-61-59(37-47)60-43-75-30-29-68(60)76(61)52-10-5-4-6-11-52)42-70(78-63-23-16-45(2)35-54(63)57-39-49(20-27-65(57)78)72-13-8-32-81-72)74(69)79-66-24-17-46(3)36-55(66)58-40-50(21-28-67(58)79)73-14-9-33-82-73/h4-43H,1-3H3. The van der Waals surface area contributed by atoms with Crippen LogP contribution in [0, 0.1) is 20.8 Å². The fourth-order valence-electron chi connectivity index (χ4n) is 13.2. The highest BCUT2D eigenvalue weighted by atomic mass is 32.1. The van der Waals surface area contributed by atoms with Crippen molar-refractivity contribution in [3.05, 3.63) is 258 Å². The number of pyridine rings is 1. The average Bonchev–Trinajstić information content (AvgIpc) is 3.18. The quantitative estimate of drug-likeness (QED) is 0.149. The maximum Gasteiger partial charge on any atom is 0.0947 e. The Kier molecular flexibility index (Phi) is 10.5. The van der Waals surface area contributed by atoms with Crippen molar-refractivity contribution < 1.29 is 0 Å². The molecule has 0 fully saturated rings. The molecular formula is C74H49N5S3. The first-order valence-electron chi connectivity index (χ1n) is 27.8. The van der Waals surface area contributed by atoms with Crippen LogP contribution >= 0.6 is 34.0 Å². The van der Waals surface area contributed by atoms with E-state index >= 15 is 0 Å². The average molecular weight is 1100 g/mol. The van der Waals surface area contributed by atoms with E-state index in [9.17, 15) is 0 Å². The Balaban J connectivity index is 1.07. The number of aromatic nitrogens is 5. The predicted molar refractivity (Wildman–Crippen MR) is 351 cm³/mol. The van der Waals surface area contributed by atoms with Crippen LogP contribution in [0.1, 0.15) is 16.7 Å². The molecule has 5 nitrogen and oxygen atoms in total. The van der Waals surface area contributed by atoms with Gasteiger partial charge in [-0.1, -0.05) is 95.6 Å². The molecule has 0 saturated carbocycles. The van der Waals surface area contributed by atoms with Crippen LogP contribution < -0.4 is 0 Å². The Hall–Kier alpha value is -9.57. The molecule has 0 aliphatic carbocycles. The molecule has 8 heteroatoms. The van der Waals surface area contributed by atoms with Gasteiger partial charge in [0.15, 0.2) is 0 Å². The summed E-state index contributed by atoms with van der Waals surface area (Å²) in [5, 5.41) is 16.1. The number of aryl methyl sites for hydroxylation is 3. The molecule has 0 aliphatic heterocycles. The molecule has 8 aromatic heterocycles. The van der Waals surface area contributed by atoms with Gasteiger partial charge in [0.05, 0.1) is 61.2 Å². The van der Waals surface area contributed by atoms with Crippen LogP contribution in [0.25, 0.3) is 152 Å². The summed E-state index contributed by atoms with van der Waals surface area (Å²) < 4.78 is 10.1. The Morgan fingerprint density at radius 1 is 0.293 bits per heavy atom.